The molecule has 132 valence electrons. The van der Waals surface area contributed by atoms with Crippen molar-refractivity contribution in [3.05, 3.63) is 42.0 Å². The molecule has 3 rings (SSSR count). The van der Waals surface area contributed by atoms with E-state index in [0.717, 1.165) is 37.3 Å². The average molecular weight is 339 g/mol. The Hall–Kier alpha value is -2.50. The normalized spacial score (nSPS) is 17.6. The molecule has 0 saturated carbocycles. The van der Waals surface area contributed by atoms with Crippen LogP contribution in [0, 0.1) is 12.8 Å². The van der Waals surface area contributed by atoms with E-state index >= 15 is 0 Å². The molecule has 0 unspecified atom stereocenters. The predicted molar refractivity (Wildman–Crippen MR) is 97.4 cm³/mol. The summed E-state index contributed by atoms with van der Waals surface area (Å²) in [7, 11) is 0. The first-order chi connectivity index (χ1) is 12.0. The van der Waals surface area contributed by atoms with Crippen LogP contribution in [0.2, 0.25) is 0 Å². The van der Waals surface area contributed by atoms with Gasteiger partial charge in [-0.2, -0.15) is 0 Å². The lowest BCUT2D eigenvalue weighted by molar-refractivity contribution is -0.138. The number of carbonyl (C=O) groups is 1. The molecule has 3 heterocycles. The quantitative estimate of drug-likeness (QED) is 0.921. The Kier molecular flexibility index (Phi) is 5.26. The van der Waals surface area contributed by atoms with Crippen LogP contribution in [0.1, 0.15) is 50.7 Å². The summed E-state index contributed by atoms with van der Waals surface area (Å²) in [6.45, 7) is 6.58. The summed E-state index contributed by atoms with van der Waals surface area (Å²) in [5.41, 5.74) is 0.902. The Bertz CT molecular complexity index is 732. The summed E-state index contributed by atoms with van der Waals surface area (Å²) in [6.07, 6.45) is 4.84. The number of aromatic nitrogens is 3. The molecular formula is C19H25N5O. The maximum Gasteiger partial charge on any atom is 0.225 e. The summed E-state index contributed by atoms with van der Waals surface area (Å²) < 4.78 is 0. The average Bonchev–Trinajstić information content (AvgIpc) is 2.61. The molecule has 25 heavy (non-hydrogen) atoms. The molecule has 1 amide bonds. The first kappa shape index (κ1) is 17.3. The van der Waals surface area contributed by atoms with Gasteiger partial charge in [-0.25, -0.2) is 15.0 Å². The fourth-order valence-corrected chi connectivity index (χ4v) is 3.23. The SMILES string of the molecule is Cc1nc(Nc2ccccn2)cc([C@@H]2CCCCN2C(=O)C(C)C)n1. The first-order valence-electron chi connectivity index (χ1n) is 8.88. The van der Waals surface area contributed by atoms with E-state index < -0.39 is 0 Å². The number of piperidine rings is 1. The zero-order chi connectivity index (χ0) is 17.8. The fraction of sp³-hybridized carbons (Fsp3) is 0.474. The highest BCUT2D eigenvalue weighted by Gasteiger charge is 2.30. The van der Waals surface area contributed by atoms with E-state index in [9.17, 15) is 4.79 Å². The number of aryl methyl sites for hydroxylation is 1. The largest absolute Gasteiger partial charge is 0.334 e. The molecule has 1 aliphatic heterocycles. The number of amides is 1. The Balaban J connectivity index is 1.88. The second-order valence-electron chi connectivity index (χ2n) is 6.76. The Morgan fingerprint density at radius 3 is 2.80 bits per heavy atom. The zero-order valence-electron chi connectivity index (χ0n) is 15.1. The number of rotatable bonds is 4. The highest BCUT2D eigenvalue weighted by molar-refractivity contribution is 5.78. The van der Waals surface area contributed by atoms with Gasteiger partial charge in [0.05, 0.1) is 11.7 Å². The molecule has 1 N–H and O–H groups in total. The molecule has 0 spiro atoms. The van der Waals surface area contributed by atoms with E-state index in [1.54, 1.807) is 6.20 Å². The minimum Gasteiger partial charge on any atom is -0.334 e. The van der Waals surface area contributed by atoms with Crippen molar-refractivity contribution in [1.82, 2.24) is 19.9 Å². The molecule has 0 radical (unpaired) electrons. The lowest BCUT2D eigenvalue weighted by Gasteiger charge is -2.36. The monoisotopic (exact) mass is 339 g/mol. The maximum absolute atomic E-state index is 12.6. The van der Waals surface area contributed by atoms with E-state index in [0.29, 0.717) is 11.6 Å². The topological polar surface area (TPSA) is 71.0 Å². The number of nitrogens with one attached hydrogen (secondary N) is 1. The van der Waals surface area contributed by atoms with Gasteiger partial charge in [0, 0.05) is 24.7 Å². The van der Waals surface area contributed by atoms with Gasteiger partial charge in [0.2, 0.25) is 5.91 Å². The number of pyridine rings is 1. The standard InChI is InChI=1S/C19H25N5O/c1-13(2)19(25)24-11-7-5-8-16(24)15-12-18(22-14(3)21-15)23-17-9-4-6-10-20-17/h4,6,9-10,12-13,16H,5,7-8,11H2,1-3H3,(H,20,21,22,23)/t16-/m0/s1. The van der Waals surface area contributed by atoms with E-state index in [2.05, 4.69) is 20.3 Å². The molecule has 2 aromatic heterocycles. The molecule has 2 aromatic rings. The Morgan fingerprint density at radius 1 is 1.24 bits per heavy atom. The van der Waals surface area contributed by atoms with Crippen LogP contribution in [0.15, 0.2) is 30.5 Å². The van der Waals surface area contributed by atoms with E-state index in [1.165, 1.54) is 0 Å². The summed E-state index contributed by atoms with van der Waals surface area (Å²) >= 11 is 0. The van der Waals surface area contributed by atoms with Crippen molar-refractivity contribution in [3.63, 3.8) is 0 Å². The molecule has 1 aliphatic rings. The van der Waals surface area contributed by atoms with E-state index in [-0.39, 0.29) is 17.9 Å². The van der Waals surface area contributed by atoms with Crippen molar-refractivity contribution in [1.29, 1.82) is 0 Å². The molecular weight excluding hydrogens is 314 g/mol. The van der Waals surface area contributed by atoms with Crippen molar-refractivity contribution in [2.75, 3.05) is 11.9 Å². The maximum atomic E-state index is 12.6. The van der Waals surface area contributed by atoms with Crippen LogP contribution in [0.3, 0.4) is 0 Å². The van der Waals surface area contributed by atoms with Gasteiger partial charge in [0.15, 0.2) is 0 Å². The molecule has 0 aromatic carbocycles. The van der Waals surface area contributed by atoms with Crippen LogP contribution in [-0.4, -0.2) is 32.3 Å². The summed E-state index contributed by atoms with van der Waals surface area (Å²) in [6, 6.07) is 7.66. The van der Waals surface area contributed by atoms with Crippen LogP contribution >= 0.6 is 0 Å². The molecule has 6 nitrogen and oxygen atoms in total. The lowest BCUT2D eigenvalue weighted by Crippen LogP contribution is -2.41. The Labute approximate surface area is 148 Å². The van der Waals surface area contributed by atoms with Crippen LogP contribution in [0.5, 0.6) is 0 Å². The lowest BCUT2D eigenvalue weighted by atomic mass is 9.97. The minimum atomic E-state index is -0.00496. The molecule has 1 fully saturated rings. The minimum absolute atomic E-state index is 0.00496. The number of carbonyl (C=O) groups excluding carboxylic acids is 1. The van der Waals surface area contributed by atoms with Gasteiger partial charge in [0.1, 0.15) is 17.5 Å². The van der Waals surface area contributed by atoms with Gasteiger partial charge in [-0.15, -0.1) is 0 Å². The summed E-state index contributed by atoms with van der Waals surface area (Å²) in [5, 5.41) is 3.23. The molecule has 6 heteroatoms. The molecule has 0 aliphatic carbocycles. The van der Waals surface area contributed by atoms with Crippen LogP contribution in [-0.2, 0) is 4.79 Å². The van der Waals surface area contributed by atoms with Gasteiger partial charge in [-0.3, -0.25) is 4.79 Å². The van der Waals surface area contributed by atoms with Crippen molar-refractivity contribution in [3.8, 4) is 0 Å². The number of hydrogen-bond acceptors (Lipinski definition) is 5. The predicted octanol–water partition coefficient (Wildman–Crippen LogP) is 3.63. The highest BCUT2D eigenvalue weighted by Crippen LogP contribution is 2.32. The van der Waals surface area contributed by atoms with E-state index in [1.807, 2.05) is 49.9 Å². The van der Waals surface area contributed by atoms with Gasteiger partial charge >= 0.3 is 0 Å². The third-order valence-corrected chi connectivity index (χ3v) is 4.40. The van der Waals surface area contributed by atoms with Crippen molar-refractivity contribution < 1.29 is 4.79 Å². The zero-order valence-corrected chi connectivity index (χ0v) is 15.1. The molecule has 1 saturated heterocycles. The van der Waals surface area contributed by atoms with Crippen molar-refractivity contribution in [2.24, 2.45) is 5.92 Å². The number of anilines is 2. The number of nitrogens with zero attached hydrogens (tertiary/aromatic N) is 4. The van der Waals surface area contributed by atoms with Crippen LogP contribution in [0.4, 0.5) is 11.6 Å². The fourth-order valence-electron chi connectivity index (χ4n) is 3.23. The van der Waals surface area contributed by atoms with Crippen molar-refractivity contribution in [2.45, 2.75) is 46.1 Å². The highest BCUT2D eigenvalue weighted by atomic mass is 16.2. The third kappa shape index (κ3) is 4.13. The van der Waals surface area contributed by atoms with Gasteiger partial charge in [-0.1, -0.05) is 19.9 Å². The number of likely N-dealkylation sites (tertiary alicyclic amines) is 1. The second kappa shape index (κ2) is 7.59. The van der Waals surface area contributed by atoms with Gasteiger partial charge in [0.25, 0.3) is 0 Å². The smallest absolute Gasteiger partial charge is 0.225 e. The molecule has 0 bridgehead atoms. The summed E-state index contributed by atoms with van der Waals surface area (Å²) in [4.78, 5) is 28.0. The molecule has 1 atom stereocenters. The number of hydrogen-bond donors (Lipinski definition) is 1. The van der Waals surface area contributed by atoms with Gasteiger partial charge in [-0.05, 0) is 38.3 Å². The Morgan fingerprint density at radius 2 is 2.08 bits per heavy atom. The van der Waals surface area contributed by atoms with Crippen molar-refractivity contribution >= 4 is 17.5 Å². The van der Waals surface area contributed by atoms with E-state index in [4.69, 9.17) is 0 Å². The third-order valence-electron chi connectivity index (χ3n) is 4.40. The van der Waals surface area contributed by atoms with Gasteiger partial charge < -0.3 is 10.2 Å². The first-order valence-corrected chi connectivity index (χ1v) is 8.88. The van der Waals surface area contributed by atoms with Crippen LogP contribution in [0.25, 0.3) is 0 Å². The van der Waals surface area contributed by atoms with Crippen LogP contribution < -0.4 is 5.32 Å². The second-order valence-corrected chi connectivity index (χ2v) is 6.76. The summed E-state index contributed by atoms with van der Waals surface area (Å²) in [5.74, 6) is 2.34.